The number of aliphatic hydroxyl groups is 1. The lowest BCUT2D eigenvalue weighted by atomic mass is 9.87. The van der Waals surface area contributed by atoms with Crippen LogP contribution < -0.4 is 16.4 Å². The maximum Gasteiger partial charge on any atom is 0.224 e. The predicted octanol–water partition coefficient (Wildman–Crippen LogP) is 2.63. The van der Waals surface area contributed by atoms with Crippen molar-refractivity contribution in [1.82, 2.24) is 9.97 Å². The van der Waals surface area contributed by atoms with Gasteiger partial charge in [-0.15, -0.1) is 0 Å². The minimum atomic E-state index is -1.09. The second kappa shape index (κ2) is 6.79. The van der Waals surface area contributed by atoms with Gasteiger partial charge in [0.15, 0.2) is 0 Å². The standard InChI is InChI=1S/C16H29N5O/c1-10-5-7-11(8-6-10)19-15-18-9-12(13(17)22)14(20-15)21-16(2,3)4/h9-11,13,22H,5-8,17H2,1-4H3,(H2,18,19,20,21). The highest BCUT2D eigenvalue weighted by molar-refractivity contribution is 5.49. The molecule has 0 bridgehead atoms. The van der Waals surface area contributed by atoms with Crippen LogP contribution in [0.3, 0.4) is 0 Å². The molecule has 6 nitrogen and oxygen atoms in total. The van der Waals surface area contributed by atoms with Crippen LogP contribution in [-0.4, -0.2) is 26.7 Å². The molecule has 0 amide bonds. The fourth-order valence-electron chi connectivity index (χ4n) is 2.72. The van der Waals surface area contributed by atoms with Gasteiger partial charge in [-0.05, 0) is 52.4 Å². The zero-order valence-corrected chi connectivity index (χ0v) is 14.1. The lowest BCUT2D eigenvalue weighted by Gasteiger charge is -2.28. The summed E-state index contributed by atoms with van der Waals surface area (Å²) in [6, 6.07) is 0.423. The fourth-order valence-corrected chi connectivity index (χ4v) is 2.72. The molecule has 0 aromatic carbocycles. The summed E-state index contributed by atoms with van der Waals surface area (Å²) in [7, 11) is 0. The maximum atomic E-state index is 9.68. The topological polar surface area (TPSA) is 96.1 Å². The highest BCUT2D eigenvalue weighted by Gasteiger charge is 2.21. The molecule has 1 fully saturated rings. The van der Waals surface area contributed by atoms with E-state index in [0.717, 1.165) is 18.8 Å². The van der Waals surface area contributed by atoms with E-state index in [1.165, 1.54) is 12.8 Å². The number of nitrogens with zero attached hydrogens (tertiary/aromatic N) is 2. The first-order valence-corrected chi connectivity index (χ1v) is 8.10. The van der Waals surface area contributed by atoms with Crippen molar-refractivity contribution in [2.75, 3.05) is 10.6 Å². The molecule has 1 unspecified atom stereocenters. The molecule has 6 heteroatoms. The van der Waals surface area contributed by atoms with E-state index in [-0.39, 0.29) is 5.54 Å². The van der Waals surface area contributed by atoms with Crippen LogP contribution in [0, 0.1) is 5.92 Å². The molecule has 0 radical (unpaired) electrons. The molecule has 1 aromatic heterocycles. The van der Waals surface area contributed by atoms with E-state index in [2.05, 4.69) is 27.5 Å². The predicted molar refractivity (Wildman–Crippen MR) is 89.6 cm³/mol. The minimum Gasteiger partial charge on any atom is -0.374 e. The summed E-state index contributed by atoms with van der Waals surface area (Å²) in [6.45, 7) is 8.42. The number of hydrogen-bond donors (Lipinski definition) is 4. The third-order valence-corrected chi connectivity index (χ3v) is 3.98. The van der Waals surface area contributed by atoms with Crippen molar-refractivity contribution in [3.8, 4) is 0 Å². The molecule has 5 N–H and O–H groups in total. The zero-order valence-electron chi connectivity index (χ0n) is 14.1. The van der Waals surface area contributed by atoms with Gasteiger partial charge in [0.2, 0.25) is 5.95 Å². The highest BCUT2D eigenvalue weighted by Crippen LogP contribution is 2.27. The van der Waals surface area contributed by atoms with E-state index < -0.39 is 6.23 Å². The van der Waals surface area contributed by atoms with Gasteiger partial charge in [-0.1, -0.05) is 6.92 Å². The summed E-state index contributed by atoms with van der Waals surface area (Å²) in [5.74, 6) is 1.99. The quantitative estimate of drug-likeness (QED) is 0.639. The minimum absolute atomic E-state index is 0.171. The Bertz CT molecular complexity index is 490. The largest absolute Gasteiger partial charge is 0.374 e. The molecule has 1 aliphatic rings. The summed E-state index contributed by atoms with van der Waals surface area (Å²) < 4.78 is 0. The van der Waals surface area contributed by atoms with Crippen molar-refractivity contribution in [3.63, 3.8) is 0 Å². The molecule has 1 aliphatic carbocycles. The van der Waals surface area contributed by atoms with E-state index in [4.69, 9.17) is 5.73 Å². The van der Waals surface area contributed by atoms with Crippen LogP contribution in [0.1, 0.15) is 65.2 Å². The molecule has 0 saturated heterocycles. The van der Waals surface area contributed by atoms with Crippen LogP contribution in [0.15, 0.2) is 6.20 Å². The molecule has 1 saturated carbocycles. The molecule has 22 heavy (non-hydrogen) atoms. The Kier molecular flexibility index (Phi) is 5.24. The average molecular weight is 307 g/mol. The number of nitrogens with two attached hydrogens (primary N) is 1. The third-order valence-electron chi connectivity index (χ3n) is 3.98. The summed E-state index contributed by atoms with van der Waals surface area (Å²) in [5, 5.41) is 16.4. The molecule has 0 spiro atoms. The van der Waals surface area contributed by atoms with Gasteiger partial charge in [-0.2, -0.15) is 4.98 Å². The summed E-state index contributed by atoms with van der Waals surface area (Å²) in [5.41, 5.74) is 5.94. The Labute approximate surface area is 132 Å². The van der Waals surface area contributed by atoms with Crippen LogP contribution in [-0.2, 0) is 0 Å². The second-order valence-electron chi connectivity index (χ2n) is 7.42. The van der Waals surface area contributed by atoms with Crippen molar-refractivity contribution < 1.29 is 5.11 Å². The van der Waals surface area contributed by atoms with E-state index in [9.17, 15) is 5.11 Å². The Morgan fingerprint density at radius 2 is 1.91 bits per heavy atom. The first-order valence-electron chi connectivity index (χ1n) is 8.10. The van der Waals surface area contributed by atoms with Crippen LogP contribution in [0.2, 0.25) is 0 Å². The third kappa shape index (κ3) is 4.81. The lowest BCUT2D eigenvalue weighted by molar-refractivity contribution is 0.186. The van der Waals surface area contributed by atoms with Gasteiger partial charge < -0.3 is 21.5 Å². The number of hydrogen-bond acceptors (Lipinski definition) is 6. The van der Waals surface area contributed by atoms with Gasteiger partial charge in [0.1, 0.15) is 12.0 Å². The van der Waals surface area contributed by atoms with Gasteiger partial charge in [-0.3, -0.25) is 0 Å². The first kappa shape index (κ1) is 17.0. The summed E-state index contributed by atoms with van der Waals surface area (Å²) >= 11 is 0. The van der Waals surface area contributed by atoms with Gasteiger partial charge in [0.05, 0.1) is 5.56 Å². The smallest absolute Gasteiger partial charge is 0.224 e. The molecule has 1 aromatic rings. The Morgan fingerprint density at radius 1 is 1.27 bits per heavy atom. The Morgan fingerprint density at radius 3 is 2.45 bits per heavy atom. The molecule has 0 aliphatic heterocycles. The van der Waals surface area contributed by atoms with Crippen LogP contribution in [0.5, 0.6) is 0 Å². The van der Waals surface area contributed by atoms with Crippen molar-refractivity contribution in [2.45, 2.75) is 71.2 Å². The SMILES string of the molecule is CC1CCC(Nc2ncc(C(N)O)c(NC(C)(C)C)n2)CC1. The van der Waals surface area contributed by atoms with Crippen molar-refractivity contribution in [1.29, 1.82) is 0 Å². The number of aromatic nitrogens is 2. The average Bonchev–Trinajstić information content (AvgIpc) is 2.39. The van der Waals surface area contributed by atoms with Gasteiger partial charge in [0.25, 0.3) is 0 Å². The molecule has 1 heterocycles. The van der Waals surface area contributed by atoms with Crippen LogP contribution in [0.25, 0.3) is 0 Å². The molecule has 124 valence electrons. The second-order valence-corrected chi connectivity index (χ2v) is 7.42. The number of aliphatic hydroxyl groups excluding tert-OH is 1. The van der Waals surface area contributed by atoms with Gasteiger partial charge in [-0.25, -0.2) is 4.98 Å². The van der Waals surface area contributed by atoms with E-state index in [1.807, 2.05) is 20.8 Å². The lowest BCUT2D eigenvalue weighted by Crippen LogP contribution is -2.30. The van der Waals surface area contributed by atoms with E-state index >= 15 is 0 Å². The van der Waals surface area contributed by atoms with Crippen LogP contribution in [0.4, 0.5) is 11.8 Å². The van der Waals surface area contributed by atoms with E-state index in [0.29, 0.717) is 23.4 Å². The van der Waals surface area contributed by atoms with Crippen molar-refractivity contribution in [3.05, 3.63) is 11.8 Å². The summed E-state index contributed by atoms with van der Waals surface area (Å²) in [6.07, 6.45) is 5.28. The van der Waals surface area contributed by atoms with Crippen molar-refractivity contribution in [2.24, 2.45) is 11.7 Å². The summed E-state index contributed by atoms with van der Waals surface area (Å²) in [4.78, 5) is 8.82. The molecular formula is C16H29N5O. The van der Waals surface area contributed by atoms with Gasteiger partial charge in [0, 0.05) is 17.8 Å². The normalized spacial score (nSPS) is 23.9. The first-order chi connectivity index (χ1) is 10.2. The van der Waals surface area contributed by atoms with Gasteiger partial charge >= 0.3 is 0 Å². The van der Waals surface area contributed by atoms with Crippen LogP contribution >= 0.6 is 0 Å². The van der Waals surface area contributed by atoms with E-state index in [1.54, 1.807) is 6.20 Å². The highest BCUT2D eigenvalue weighted by atomic mass is 16.3. The monoisotopic (exact) mass is 307 g/mol. The fraction of sp³-hybridized carbons (Fsp3) is 0.750. The van der Waals surface area contributed by atoms with Crippen molar-refractivity contribution >= 4 is 11.8 Å². The Hall–Kier alpha value is -1.40. The molecule has 1 atom stereocenters. The molecule has 2 rings (SSSR count). The maximum absolute atomic E-state index is 9.68. The number of rotatable bonds is 4. The number of nitrogens with one attached hydrogen (secondary N) is 2. The molecular weight excluding hydrogens is 278 g/mol. The number of anilines is 2. The Balaban J connectivity index is 2.13. The zero-order chi connectivity index (χ0) is 16.3.